The van der Waals surface area contributed by atoms with Gasteiger partial charge in [0.05, 0.1) is 19.4 Å². The van der Waals surface area contributed by atoms with Crippen molar-refractivity contribution < 1.29 is 28.6 Å². The molecule has 130 valence electrons. The molecule has 1 N–H and O–H groups in total. The normalized spacial score (nSPS) is 31.6. The smallest absolute Gasteiger partial charge is 0.308 e. The van der Waals surface area contributed by atoms with Crippen LogP contribution < -0.4 is 0 Å². The number of unbranched alkanes of at least 4 members (excludes halogenated alkanes) is 1. The summed E-state index contributed by atoms with van der Waals surface area (Å²) in [6, 6.07) is 0. The maximum absolute atomic E-state index is 13.8. The van der Waals surface area contributed by atoms with E-state index in [0.717, 1.165) is 12.8 Å². The molecule has 0 bridgehead atoms. The summed E-state index contributed by atoms with van der Waals surface area (Å²) >= 11 is 0. The van der Waals surface area contributed by atoms with E-state index in [1.807, 2.05) is 6.92 Å². The number of methoxy groups -OCH3 is 1. The van der Waals surface area contributed by atoms with Gasteiger partial charge in [0.1, 0.15) is 11.9 Å². The third-order valence-corrected chi connectivity index (χ3v) is 4.89. The molecule has 2 aliphatic rings. The van der Waals surface area contributed by atoms with Crippen molar-refractivity contribution in [2.75, 3.05) is 7.11 Å². The zero-order valence-corrected chi connectivity index (χ0v) is 13.7. The second-order valence-corrected chi connectivity index (χ2v) is 6.49. The van der Waals surface area contributed by atoms with Gasteiger partial charge in [-0.05, 0) is 18.9 Å². The van der Waals surface area contributed by atoms with Crippen LogP contribution in [0.4, 0.5) is 4.39 Å². The molecule has 0 aromatic carbocycles. The Morgan fingerprint density at radius 2 is 2.35 bits per heavy atom. The average Bonchev–Trinajstić information content (AvgIpc) is 3.03. The van der Waals surface area contributed by atoms with Crippen molar-refractivity contribution >= 4 is 11.9 Å². The van der Waals surface area contributed by atoms with Crippen LogP contribution in [-0.4, -0.2) is 35.9 Å². The molecule has 0 radical (unpaired) electrons. The van der Waals surface area contributed by atoms with E-state index in [-0.39, 0.29) is 42.9 Å². The minimum atomic E-state index is -1.18. The summed E-state index contributed by atoms with van der Waals surface area (Å²) in [4.78, 5) is 23.4. The molecule has 0 spiro atoms. The Balaban J connectivity index is 2.09. The van der Waals surface area contributed by atoms with Crippen LogP contribution in [0.1, 0.15) is 51.9 Å². The Hall–Kier alpha value is -1.59. The highest BCUT2D eigenvalue weighted by atomic mass is 19.1. The van der Waals surface area contributed by atoms with Crippen LogP contribution in [0, 0.1) is 11.8 Å². The van der Waals surface area contributed by atoms with Crippen molar-refractivity contribution in [3.8, 4) is 0 Å². The summed E-state index contributed by atoms with van der Waals surface area (Å²) < 4.78 is 23.9. The van der Waals surface area contributed by atoms with Gasteiger partial charge in [0.2, 0.25) is 0 Å². The lowest BCUT2D eigenvalue weighted by Gasteiger charge is -2.27. The van der Waals surface area contributed by atoms with Gasteiger partial charge in [-0.15, -0.1) is 0 Å². The van der Waals surface area contributed by atoms with Gasteiger partial charge in [-0.3, -0.25) is 9.59 Å². The standard InChI is InChI=1S/C17H25FO5/c1-3-4-5-13(18)6-7-14(19)17-10-11(16(21)22-2)8-12(17)9-15(20)23-17/h7,11-13,19H,3-6,8-10H2,1-2H3/t11-,12+,13-,17-/m1/s1. The number of carbonyl (C=O) groups excluding carboxylic acids is 2. The first-order valence-corrected chi connectivity index (χ1v) is 8.26. The van der Waals surface area contributed by atoms with E-state index < -0.39 is 17.7 Å². The van der Waals surface area contributed by atoms with E-state index in [9.17, 15) is 19.1 Å². The maximum atomic E-state index is 13.8. The number of rotatable bonds is 7. The molecule has 2 rings (SSSR count). The van der Waals surface area contributed by atoms with Crippen LogP contribution in [0.5, 0.6) is 0 Å². The largest absolute Gasteiger partial charge is 0.508 e. The number of aliphatic hydroxyl groups is 1. The fourth-order valence-corrected chi connectivity index (χ4v) is 3.64. The van der Waals surface area contributed by atoms with Crippen LogP contribution in [0.3, 0.4) is 0 Å². The van der Waals surface area contributed by atoms with Crippen molar-refractivity contribution in [1.82, 2.24) is 0 Å². The molecule has 1 saturated heterocycles. The molecule has 1 aliphatic carbocycles. The first-order chi connectivity index (χ1) is 10.9. The average molecular weight is 328 g/mol. The summed E-state index contributed by atoms with van der Waals surface area (Å²) in [6.07, 6.45) is 3.43. The zero-order valence-electron chi connectivity index (χ0n) is 13.7. The fourth-order valence-electron chi connectivity index (χ4n) is 3.64. The van der Waals surface area contributed by atoms with Gasteiger partial charge < -0.3 is 14.6 Å². The second kappa shape index (κ2) is 7.32. The van der Waals surface area contributed by atoms with Gasteiger partial charge in [-0.25, -0.2) is 4.39 Å². The van der Waals surface area contributed by atoms with Crippen molar-refractivity contribution in [1.29, 1.82) is 0 Å². The molecule has 6 heteroatoms. The van der Waals surface area contributed by atoms with Crippen LogP contribution in [0.2, 0.25) is 0 Å². The van der Waals surface area contributed by atoms with E-state index in [1.54, 1.807) is 0 Å². The topological polar surface area (TPSA) is 72.8 Å². The summed E-state index contributed by atoms with van der Waals surface area (Å²) in [6.45, 7) is 1.99. The van der Waals surface area contributed by atoms with Crippen molar-refractivity contribution in [3.05, 3.63) is 11.8 Å². The van der Waals surface area contributed by atoms with Gasteiger partial charge in [0.15, 0.2) is 5.60 Å². The van der Waals surface area contributed by atoms with Crippen LogP contribution >= 0.6 is 0 Å². The molecule has 5 nitrogen and oxygen atoms in total. The Kier molecular flexibility index (Phi) is 5.65. The SMILES string of the molecule is CCCC[C@@H](F)CC=C(O)[C@@]12C[C@H](C(=O)OC)C[C@H]1CC(=O)O2. The number of alkyl halides is 1. The quantitative estimate of drug-likeness (QED) is 0.574. The lowest BCUT2D eigenvalue weighted by molar-refractivity contribution is -0.152. The summed E-state index contributed by atoms with van der Waals surface area (Å²) in [7, 11) is 1.31. The van der Waals surface area contributed by atoms with E-state index in [2.05, 4.69) is 0 Å². The highest BCUT2D eigenvalue weighted by Crippen LogP contribution is 2.52. The van der Waals surface area contributed by atoms with Crippen LogP contribution in [0.25, 0.3) is 0 Å². The van der Waals surface area contributed by atoms with E-state index in [4.69, 9.17) is 9.47 Å². The molecule has 0 aromatic rings. The highest BCUT2D eigenvalue weighted by molar-refractivity contribution is 5.77. The molecule has 0 amide bonds. The molecule has 4 atom stereocenters. The predicted octanol–water partition coefficient (Wildman–Crippen LogP) is 3.23. The molecular formula is C17H25FO5. The number of halogens is 1. The number of allylic oxidation sites excluding steroid dienone is 1. The summed E-state index contributed by atoms with van der Waals surface area (Å²) in [5.41, 5.74) is -1.18. The zero-order chi connectivity index (χ0) is 17.0. The van der Waals surface area contributed by atoms with Gasteiger partial charge >= 0.3 is 11.9 Å². The molecule has 0 unspecified atom stereocenters. The minimum absolute atomic E-state index is 0.0841. The Bertz CT molecular complexity index is 489. The number of aliphatic hydroxyl groups excluding tert-OH is 1. The molecule has 2 fully saturated rings. The lowest BCUT2D eigenvalue weighted by Crippen LogP contribution is -2.34. The number of carbonyl (C=O) groups is 2. The summed E-state index contributed by atoms with van der Waals surface area (Å²) in [5, 5.41) is 10.4. The molecule has 0 aromatic heterocycles. The number of hydrogen-bond acceptors (Lipinski definition) is 5. The number of hydrogen-bond donors (Lipinski definition) is 1. The monoisotopic (exact) mass is 328 g/mol. The van der Waals surface area contributed by atoms with E-state index in [0.29, 0.717) is 12.8 Å². The number of fused-ring (bicyclic) bond motifs is 1. The predicted molar refractivity (Wildman–Crippen MR) is 81.4 cm³/mol. The highest BCUT2D eigenvalue weighted by Gasteiger charge is 2.59. The molecule has 1 saturated carbocycles. The Morgan fingerprint density at radius 3 is 3.00 bits per heavy atom. The number of ether oxygens (including phenoxy) is 2. The third-order valence-electron chi connectivity index (χ3n) is 4.89. The van der Waals surface area contributed by atoms with Gasteiger partial charge in [0, 0.05) is 18.8 Å². The first-order valence-electron chi connectivity index (χ1n) is 8.26. The van der Waals surface area contributed by atoms with Crippen molar-refractivity contribution in [3.63, 3.8) is 0 Å². The van der Waals surface area contributed by atoms with Crippen molar-refractivity contribution in [2.45, 2.75) is 63.6 Å². The maximum Gasteiger partial charge on any atom is 0.308 e. The Labute approximate surface area is 135 Å². The second-order valence-electron chi connectivity index (χ2n) is 6.49. The molecular weight excluding hydrogens is 303 g/mol. The minimum Gasteiger partial charge on any atom is -0.508 e. The Morgan fingerprint density at radius 1 is 1.61 bits per heavy atom. The number of esters is 2. The molecule has 1 heterocycles. The van der Waals surface area contributed by atoms with E-state index in [1.165, 1.54) is 13.2 Å². The van der Waals surface area contributed by atoms with Crippen LogP contribution in [-0.2, 0) is 19.1 Å². The first kappa shape index (κ1) is 17.8. The van der Waals surface area contributed by atoms with Gasteiger partial charge in [-0.1, -0.05) is 19.8 Å². The van der Waals surface area contributed by atoms with Gasteiger partial charge in [-0.2, -0.15) is 0 Å². The van der Waals surface area contributed by atoms with Crippen LogP contribution in [0.15, 0.2) is 11.8 Å². The van der Waals surface area contributed by atoms with E-state index >= 15 is 0 Å². The molecule has 1 aliphatic heterocycles. The van der Waals surface area contributed by atoms with Crippen molar-refractivity contribution in [2.24, 2.45) is 11.8 Å². The fraction of sp³-hybridized carbons (Fsp3) is 0.765. The lowest BCUT2D eigenvalue weighted by atomic mass is 9.88. The molecule has 23 heavy (non-hydrogen) atoms. The third kappa shape index (κ3) is 3.67. The summed E-state index contributed by atoms with van der Waals surface area (Å²) in [5.74, 6) is -1.55. The van der Waals surface area contributed by atoms with Gasteiger partial charge in [0.25, 0.3) is 0 Å².